The van der Waals surface area contributed by atoms with Gasteiger partial charge in [0.05, 0.1) is 12.5 Å². The van der Waals surface area contributed by atoms with Gasteiger partial charge in [-0.25, -0.2) is 4.39 Å². The molecule has 0 bridgehead atoms. The van der Waals surface area contributed by atoms with E-state index in [1.54, 1.807) is 12.1 Å². The Bertz CT molecular complexity index is 626. The highest BCUT2D eigenvalue weighted by atomic mass is 32.1. The SMILES string of the molecule is CC(=O)NC(CC(=O)NCc1ccc(F)cc1)c1cccs1. The second kappa shape index (κ2) is 7.70. The van der Waals surface area contributed by atoms with Crippen LogP contribution in [0.3, 0.4) is 0 Å². The van der Waals surface area contributed by atoms with Gasteiger partial charge in [-0.15, -0.1) is 11.3 Å². The van der Waals surface area contributed by atoms with Crippen molar-refractivity contribution < 1.29 is 14.0 Å². The summed E-state index contributed by atoms with van der Waals surface area (Å²) in [7, 11) is 0. The van der Waals surface area contributed by atoms with E-state index in [1.165, 1.54) is 30.4 Å². The molecule has 0 aliphatic carbocycles. The van der Waals surface area contributed by atoms with Gasteiger partial charge in [0.25, 0.3) is 0 Å². The molecule has 4 nitrogen and oxygen atoms in total. The van der Waals surface area contributed by atoms with Crippen LogP contribution in [-0.4, -0.2) is 11.8 Å². The van der Waals surface area contributed by atoms with Crippen molar-refractivity contribution in [2.24, 2.45) is 0 Å². The lowest BCUT2D eigenvalue weighted by Crippen LogP contribution is -2.32. The topological polar surface area (TPSA) is 58.2 Å². The van der Waals surface area contributed by atoms with E-state index in [0.29, 0.717) is 6.54 Å². The van der Waals surface area contributed by atoms with E-state index in [4.69, 9.17) is 0 Å². The van der Waals surface area contributed by atoms with Crippen LogP contribution in [-0.2, 0) is 16.1 Å². The Hall–Kier alpha value is -2.21. The average molecular weight is 320 g/mol. The molecule has 1 unspecified atom stereocenters. The number of carbonyl (C=O) groups is 2. The summed E-state index contributed by atoms with van der Waals surface area (Å²) in [5.41, 5.74) is 0.821. The predicted molar refractivity (Wildman–Crippen MR) is 83.7 cm³/mol. The number of amides is 2. The molecule has 6 heteroatoms. The minimum atomic E-state index is -0.328. The Kier molecular flexibility index (Phi) is 5.66. The number of thiophene rings is 1. The number of nitrogens with one attached hydrogen (secondary N) is 2. The van der Waals surface area contributed by atoms with Gasteiger partial charge in [0.2, 0.25) is 11.8 Å². The first-order valence-electron chi connectivity index (χ1n) is 6.86. The van der Waals surface area contributed by atoms with Gasteiger partial charge in [-0.2, -0.15) is 0 Å². The molecule has 2 rings (SSSR count). The minimum absolute atomic E-state index is 0.168. The first-order chi connectivity index (χ1) is 10.5. The second-order valence-corrected chi connectivity index (χ2v) is 5.86. The Balaban J connectivity index is 1.90. The number of carbonyl (C=O) groups excluding carboxylic acids is 2. The third-order valence-corrected chi connectivity index (χ3v) is 4.04. The lowest BCUT2D eigenvalue weighted by molar-refractivity contribution is -0.122. The van der Waals surface area contributed by atoms with E-state index in [1.807, 2.05) is 17.5 Å². The molecule has 22 heavy (non-hydrogen) atoms. The predicted octanol–water partition coefficient (Wildman–Crippen LogP) is 2.77. The maximum Gasteiger partial charge on any atom is 0.222 e. The fraction of sp³-hybridized carbons (Fsp3) is 0.250. The third kappa shape index (κ3) is 4.96. The smallest absolute Gasteiger partial charge is 0.222 e. The molecule has 1 atom stereocenters. The van der Waals surface area contributed by atoms with E-state index in [-0.39, 0.29) is 30.1 Å². The first kappa shape index (κ1) is 16.2. The molecule has 0 saturated heterocycles. The molecule has 1 heterocycles. The van der Waals surface area contributed by atoms with E-state index in [0.717, 1.165) is 10.4 Å². The molecule has 2 aromatic rings. The zero-order chi connectivity index (χ0) is 15.9. The molecule has 0 spiro atoms. The molecular formula is C16H17FN2O2S. The summed E-state index contributed by atoms with van der Waals surface area (Å²) < 4.78 is 12.8. The van der Waals surface area contributed by atoms with Crippen LogP contribution in [0, 0.1) is 5.82 Å². The number of rotatable bonds is 6. The fourth-order valence-corrected chi connectivity index (χ4v) is 2.80. The van der Waals surface area contributed by atoms with Crippen LogP contribution in [0.4, 0.5) is 4.39 Å². The van der Waals surface area contributed by atoms with Crippen LogP contribution < -0.4 is 10.6 Å². The maximum absolute atomic E-state index is 12.8. The van der Waals surface area contributed by atoms with Crippen LogP contribution in [0.5, 0.6) is 0 Å². The normalized spacial score (nSPS) is 11.7. The summed E-state index contributed by atoms with van der Waals surface area (Å²) in [5.74, 6) is -0.653. The summed E-state index contributed by atoms with van der Waals surface area (Å²) in [6.45, 7) is 1.76. The van der Waals surface area contributed by atoms with Crippen LogP contribution in [0.2, 0.25) is 0 Å². The van der Waals surface area contributed by atoms with Gasteiger partial charge in [-0.05, 0) is 29.1 Å². The van der Waals surface area contributed by atoms with Crippen LogP contribution in [0.25, 0.3) is 0 Å². The monoisotopic (exact) mass is 320 g/mol. The number of benzene rings is 1. The molecule has 2 amide bonds. The van der Waals surface area contributed by atoms with Gasteiger partial charge in [-0.1, -0.05) is 18.2 Å². The Morgan fingerprint density at radius 2 is 1.95 bits per heavy atom. The molecule has 0 saturated carbocycles. The summed E-state index contributed by atoms with van der Waals surface area (Å²) in [6.07, 6.45) is 0.168. The lowest BCUT2D eigenvalue weighted by Gasteiger charge is -2.16. The van der Waals surface area contributed by atoms with Crippen molar-refractivity contribution in [2.45, 2.75) is 25.9 Å². The Labute approximate surface area is 132 Å². The highest BCUT2D eigenvalue weighted by molar-refractivity contribution is 7.10. The van der Waals surface area contributed by atoms with Gasteiger partial charge in [0.1, 0.15) is 5.82 Å². The average Bonchev–Trinajstić information content (AvgIpc) is 3.00. The van der Waals surface area contributed by atoms with Crippen molar-refractivity contribution in [1.29, 1.82) is 0 Å². The van der Waals surface area contributed by atoms with Gasteiger partial charge in [0, 0.05) is 18.3 Å². The summed E-state index contributed by atoms with van der Waals surface area (Å²) in [4.78, 5) is 24.2. The third-order valence-electron chi connectivity index (χ3n) is 3.06. The van der Waals surface area contributed by atoms with Crippen molar-refractivity contribution in [3.8, 4) is 0 Å². The first-order valence-corrected chi connectivity index (χ1v) is 7.74. The van der Waals surface area contributed by atoms with Gasteiger partial charge in [-0.3, -0.25) is 9.59 Å². The molecule has 116 valence electrons. The van der Waals surface area contributed by atoms with Crippen molar-refractivity contribution in [3.05, 3.63) is 58.0 Å². The maximum atomic E-state index is 12.8. The summed E-state index contributed by atoms with van der Waals surface area (Å²) in [5, 5.41) is 7.46. The second-order valence-electron chi connectivity index (χ2n) is 4.88. The zero-order valence-electron chi connectivity index (χ0n) is 12.1. The Morgan fingerprint density at radius 1 is 1.23 bits per heavy atom. The standard InChI is InChI=1S/C16H17FN2O2S/c1-11(20)19-14(15-3-2-8-22-15)9-16(21)18-10-12-4-6-13(17)7-5-12/h2-8,14H,9-10H2,1H3,(H,18,21)(H,19,20). The number of halogens is 1. The van der Waals surface area contributed by atoms with Crippen molar-refractivity contribution in [2.75, 3.05) is 0 Å². The summed E-state index contributed by atoms with van der Waals surface area (Å²) in [6, 6.07) is 9.40. The lowest BCUT2D eigenvalue weighted by atomic mass is 10.1. The largest absolute Gasteiger partial charge is 0.352 e. The molecule has 2 N–H and O–H groups in total. The minimum Gasteiger partial charge on any atom is -0.352 e. The van der Waals surface area contributed by atoms with Gasteiger partial charge < -0.3 is 10.6 Å². The van der Waals surface area contributed by atoms with Gasteiger partial charge >= 0.3 is 0 Å². The van der Waals surface area contributed by atoms with E-state index >= 15 is 0 Å². The Morgan fingerprint density at radius 3 is 2.55 bits per heavy atom. The molecule has 0 aliphatic heterocycles. The zero-order valence-corrected chi connectivity index (χ0v) is 13.0. The van der Waals surface area contributed by atoms with E-state index in [2.05, 4.69) is 10.6 Å². The molecule has 1 aromatic carbocycles. The quantitative estimate of drug-likeness (QED) is 0.860. The van der Waals surface area contributed by atoms with Crippen molar-refractivity contribution in [3.63, 3.8) is 0 Å². The van der Waals surface area contributed by atoms with E-state index < -0.39 is 0 Å². The van der Waals surface area contributed by atoms with Gasteiger partial charge in [0.15, 0.2) is 0 Å². The van der Waals surface area contributed by atoms with Crippen LogP contribution in [0.15, 0.2) is 41.8 Å². The molecule has 0 fully saturated rings. The molecule has 0 aliphatic rings. The molecule has 0 radical (unpaired) electrons. The number of hydrogen-bond donors (Lipinski definition) is 2. The molecule has 1 aromatic heterocycles. The highest BCUT2D eigenvalue weighted by Gasteiger charge is 2.17. The fourth-order valence-electron chi connectivity index (χ4n) is 2.02. The van der Waals surface area contributed by atoms with Crippen molar-refractivity contribution >= 4 is 23.2 Å². The van der Waals surface area contributed by atoms with Crippen molar-refractivity contribution in [1.82, 2.24) is 10.6 Å². The van der Waals surface area contributed by atoms with Crippen LogP contribution in [0.1, 0.15) is 29.8 Å². The molecular weight excluding hydrogens is 303 g/mol. The summed E-state index contributed by atoms with van der Waals surface area (Å²) >= 11 is 1.49. The number of hydrogen-bond acceptors (Lipinski definition) is 3. The highest BCUT2D eigenvalue weighted by Crippen LogP contribution is 2.22. The van der Waals surface area contributed by atoms with Crippen LogP contribution >= 0.6 is 11.3 Å². The van der Waals surface area contributed by atoms with E-state index in [9.17, 15) is 14.0 Å².